The Hall–Kier alpha value is -1.49. The molecule has 0 bridgehead atoms. The van der Waals surface area contributed by atoms with Gasteiger partial charge in [0.2, 0.25) is 5.91 Å². The second-order valence-electron chi connectivity index (χ2n) is 4.57. The third-order valence-electron chi connectivity index (χ3n) is 3.15. The van der Waals surface area contributed by atoms with Crippen LogP contribution in [-0.4, -0.2) is 19.0 Å². The lowest BCUT2D eigenvalue weighted by Crippen LogP contribution is -2.15. The number of carbonyl (C=O) groups is 1. The molecule has 0 spiro atoms. The van der Waals surface area contributed by atoms with E-state index in [1.807, 2.05) is 0 Å². The largest absolute Gasteiger partial charge is 0.326 e. The lowest BCUT2D eigenvalue weighted by atomic mass is 10.0. The van der Waals surface area contributed by atoms with E-state index in [0.29, 0.717) is 18.0 Å². The van der Waals surface area contributed by atoms with Crippen molar-refractivity contribution in [1.29, 1.82) is 0 Å². The van der Waals surface area contributed by atoms with E-state index in [1.54, 1.807) is 0 Å². The number of benzene rings is 1. The van der Waals surface area contributed by atoms with Gasteiger partial charge in [0.25, 0.3) is 0 Å². The summed E-state index contributed by atoms with van der Waals surface area (Å²) in [6.07, 6.45) is 2.33. The first-order valence-electron chi connectivity index (χ1n) is 6.11. The van der Waals surface area contributed by atoms with Crippen LogP contribution in [0, 0.1) is 17.6 Å². The zero-order valence-electron chi connectivity index (χ0n) is 10.0. The molecule has 1 amide bonds. The molecule has 1 fully saturated rings. The van der Waals surface area contributed by atoms with Gasteiger partial charge in [0.1, 0.15) is 0 Å². The normalized spacial score (nSPS) is 18.9. The highest BCUT2D eigenvalue weighted by molar-refractivity contribution is 5.90. The second-order valence-corrected chi connectivity index (χ2v) is 4.57. The molecule has 1 aromatic carbocycles. The highest BCUT2D eigenvalue weighted by Crippen LogP contribution is 2.16. The fourth-order valence-corrected chi connectivity index (χ4v) is 2.09. The molecule has 5 heteroatoms. The molecule has 1 heterocycles. The minimum Gasteiger partial charge on any atom is -0.326 e. The van der Waals surface area contributed by atoms with Gasteiger partial charge in [0.05, 0.1) is 0 Å². The van der Waals surface area contributed by atoms with Crippen LogP contribution >= 0.6 is 0 Å². The Morgan fingerprint density at radius 3 is 2.89 bits per heavy atom. The standard InChI is InChI=1S/C13H16F2N2O/c14-11-3-2-10(7-12(11)15)17-13(18)4-1-9-5-6-16-8-9/h2-3,7,9,16H,1,4-6,8H2,(H,17,18). The van der Waals surface area contributed by atoms with Crippen LogP contribution in [0.15, 0.2) is 18.2 Å². The van der Waals surface area contributed by atoms with E-state index in [9.17, 15) is 13.6 Å². The summed E-state index contributed by atoms with van der Waals surface area (Å²) in [5, 5.41) is 5.80. The van der Waals surface area contributed by atoms with Gasteiger partial charge in [-0.3, -0.25) is 4.79 Å². The van der Waals surface area contributed by atoms with Gasteiger partial charge in [-0.15, -0.1) is 0 Å². The maximum Gasteiger partial charge on any atom is 0.224 e. The molecule has 0 saturated carbocycles. The molecule has 0 aliphatic carbocycles. The summed E-state index contributed by atoms with van der Waals surface area (Å²) in [5.41, 5.74) is 0.295. The maximum absolute atomic E-state index is 12.9. The molecule has 1 aromatic rings. The van der Waals surface area contributed by atoms with Crippen LogP contribution in [0.1, 0.15) is 19.3 Å². The molecule has 0 radical (unpaired) electrons. The molecule has 2 N–H and O–H groups in total. The Morgan fingerprint density at radius 2 is 2.22 bits per heavy atom. The van der Waals surface area contributed by atoms with Gasteiger partial charge in [-0.2, -0.15) is 0 Å². The Balaban J connectivity index is 1.80. The Morgan fingerprint density at radius 1 is 1.39 bits per heavy atom. The average Bonchev–Trinajstić information content (AvgIpc) is 2.84. The lowest BCUT2D eigenvalue weighted by Gasteiger charge is -2.08. The van der Waals surface area contributed by atoms with Crippen molar-refractivity contribution < 1.29 is 13.6 Å². The van der Waals surface area contributed by atoms with E-state index >= 15 is 0 Å². The lowest BCUT2D eigenvalue weighted by molar-refractivity contribution is -0.116. The molecule has 0 aromatic heterocycles. The van der Waals surface area contributed by atoms with E-state index in [2.05, 4.69) is 10.6 Å². The first-order chi connectivity index (χ1) is 8.65. The van der Waals surface area contributed by atoms with Crippen molar-refractivity contribution in [2.24, 2.45) is 5.92 Å². The van der Waals surface area contributed by atoms with Crippen molar-refractivity contribution in [1.82, 2.24) is 5.32 Å². The smallest absolute Gasteiger partial charge is 0.224 e. The molecule has 2 rings (SSSR count). The van der Waals surface area contributed by atoms with Crippen LogP contribution in [0.5, 0.6) is 0 Å². The third-order valence-corrected chi connectivity index (χ3v) is 3.15. The topological polar surface area (TPSA) is 41.1 Å². The minimum atomic E-state index is -0.951. The third kappa shape index (κ3) is 3.50. The maximum atomic E-state index is 12.9. The number of anilines is 1. The van der Waals surface area contributed by atoms with Crippen LogP contribution in [0.3, 0.4) is 0 Å². The summed E-state index contributed by atoms with van der Waals surface area (Å²) in [7, 11) is 0. The quantitative estimate of drug-likeness (QED) is 0.865. The number of rotatable bonds is 4. The molecule has 1 unspecified atom stereocenters. The average molecular weight is 254 g/mol. The van der Waals surface area contributed by atoms with Gasteiger partial charge >= 0.3 is 0 Å². The van der Waals surface area contributed by atoms with E-state index in [4.69, 9.17) is 0 Å². The van der Waals surface area contributed by atoms with Gasteiger partial charge in [-0.05, 0) is 44.0 Å². The zero-order chi connectivity index (χ0) is 13.0. The number of nitrogens with one attached hydrogen (secondary N) is 2. The highest BCUT2D eigenvalue weighted by atomic mass is 19.2. The van der Waals surface area contributed by atoms with Gasteiger partial charge in [0, 0.05) is 18.2 Å². The molecular formula is C13H16F2N2O. The van der Waals surface area contributed by atoms with Crippen LogP contribution in [-0.2, 0) is 4.79 Å². The Labute approximate surface area is 105 Å². The summed E-state index contributed by atoms with van der Waals surface area (Å²) >= 11 is 0. The fourth-order valence-electron chi connectivity index (χ4n) is 2.09. The van der Waals surface area contributed by atoms with Crippen molar-refractivity contribution in [3.63, 3.8) is 0 Å². The molecule has 3 nitrogen and oxygen atoms in total. The number of halogens is 2. The van der Waals surface area contributed by atoms with Crippen molar-refractivity contribution >= 4 is 11.6 Å². The van der Waals surface area contributed by atoms with Crippen molar-refractivity contribution in [3.05, 3.63) is 29.8 Å². The predicted molar refractivity (Wildman–Crippen MR) is 65.2 cm³/mol. The van der Waals surface area contributed by atoms with Crippen molar-refractivity contribution in [3.8, 4) is 0 Å². The van der Waals surface area contributed by atoms with Gasteiger partial charge in [-0.1, -0.05) is 0 Å². The molecular weight excluding hydrogens is 238 g/mol. The summed E-state index contributed by atoms with van der Waals surface area (Å²) < 4.78 is 25.6. The Kier molecular flexibility index (Phi) is 4.25. The second kappa shape index (κ2) is 5.91. The minimum absolute atomic E-state index is 0.159. The summed E-state index contributed by atoms with van der Waals surface area (Å²) in [6.45, 7) is 1.97. The van der Waals surface area contributed by atoms with E-state index < -0.39 is 11.6 Å². The van der Waals surface area contributed by atoms with Gasteiger partial charge in [0.15, 0.2) is 11.6 Å². The summed E-state index contributed by atoms with van der Waals surface area (Å²) in [6, 6.07) is 3.35. The van der Waals surface area contributed by atoms with Crippen LogP contribution in [0.2, 0.25) is 0 Å². The molecule has 1 saturated heterocycles. The highest BCUT2D eigenvalue weighted by Gasteiger charge is 2.15. The molecule has 98 valence electrons. The first kappa shape index (κ1) is 13.0. The van der Waals surface area contributed by atoms with Gasteiger partial charge in [-0.25, -0.2) is 8.78 Å². The monoisotopic (exact) mass is 254 g/mol. The van der Waals surface area contributed by atoms with Crippen LogP contribution in [0.25, 0.3) is 0 Å². The van der Waals surface area contributed by atoms with Crippen LogP contribution < -0.4 is 10.6 Å². The summed E-state index contributed by atoms with van der Waals surface area (Å²) in [4.78, 5) is 11.6. The van der Waals surface area contributed by atoms with E-state index in [0.717, 1.165) is 38.1 Å². The van der Waals surface area contributed by atoms with E-state index in [1.165, 1.54) is 6.07 Å². The SMILES string of the molecule is O=C(CCC1CCNC1)Nc1ccc(F)c(F)c1. The van der Waals surface area contributed by atoms with Crippen LogP contribution in [0.4, 0.5) is 14.5 Å². The number of hydrogen-bond acceptors (Lipinski definition) is 2. The van der Waals surface area contributed by atoms with Crippen molar-refractivity contribution in [2.75, 3.05) is 18.4 Å². The number of hydrogen-bond donors (Lipinski definition) is 2. The molecule has 18 heavy (non-hydrogen) atoms. The molecule has 1 aliphatic rings. The fraction of sp³-hybridized carbons (Fsp3) is 0.462. The zero-order valence-corrected chi connectivity index (χ0v) is 10.0. The predicted octanol–water partition coefficient (Wildman–Crippen LogP) is 2.29. The molecule has 1 aliphatic heterocycles. The number of carbonyl (C=O) groups excluding carboxylic acids is 1. The summed E-state index contributed by atoms with van der Waals surface area (Å²) in [5.74, 6) is -1.48. The van der Waals surface area contributed by atoms with Gasteiger partial charge < -0.3 is 10.6 Å². The molecule has 1 atom stereocenters. The Bertz CT molecular complexity index is 431. The van der Waals surface area contributed by atoms with Crippen molar-refractivity contribution in [2.45, 2.75) is 19.3 Å². The van der Waals surface area contributed by atoms with E-state index in [-0.39, 0.29) is 5.91 Å². The number of amides is 1. The first-order valence-corrected chi connectivity index (χ1v) is 6.11.